The van der Waals surface area contributed by atoms with Crippen LogP contribution in [-0.4, -0.2) is 41.5 Å². The topological polar surface area (TPSA) is 58.8 Å². The number of carbonyl (C=O) groups excluding carboxylic acids is 1. The third-order valence-electron chi connectivity index (χ3n) is 3.82. The number of hydrogen-bond donors (Lipinski definition) is 1. The summed E-state index contributed by atoms with van der Waals surface area (Å²) in [6.07, 6.45) is -0.240. The highest BCUT2D eigenvalue weighted by atomic mass is 32.2. The maximum Gasteiger partial charge on any atom is 0.410 e. The monoisotopic (exact) mass is 343 g/mol. The van der Waals surface area contributed by atoms with Crippen molar-refractivity contribution in [3.63, 3.8) is 0 Å². The Labute approximate surface area is 146 Å². The van der Waals surface area contributed by atoms with Gasteiger partial charge in [-0.25, -0.2) is 9.10 Å². The van der Waals surface area contributed by atoms with E-state index in [-0.39, 0.29) is 6.09 Å². The smallest absolute Gasteiger partial charge is 0.410 e. The molecule has 2 N–H and O–H groups in total. The van der Waals surface area contributed by atoms with Crippen molar-refractivity contribution in [2.45, 2.75) is 11.5 Å². The molecule has 1 heterocycles. The van der Waals surface area contributed by atoms with Gasteiger partial charge in [0.15, 0.2) is 0 Å². The molecule has 0 unspecified atom stereocenters. The number of nitrogen functional groups attached to an aromatic ring is 1. The molecular formula is C18H21N3O2S. The number of anilines is 1. The van der Waals surface area contributed by atoms with E-state index in [9.17, 15) is 4.79 Å². The third-order valence-corrected chi connectivity index (χ3v) is 4.92. The standard InChI is InChI=1S/C18H21N3O2S/c19-16-6-8-17(9-7-16)24-21-12-10-20(11-13-21)18(22)23-14-15-4-2-1-3-5-15/h1-9H,10-14,19H2. The van der Waals surface area contributed by atoms with Crippen molar-refractivity contribution in [1.29, 1.82) is 0 Å². The van der Waals surface area contributed by atoms with E-state index < -0.39 is 0 Å². The van der Waals surface area contributed by atoms with Crippen molar-refractivity contribution in [3.8, 4) is 0 Å². The minimum Gasteiger partial charge on any atom is -0.445 e. The van der Waals surface area contributed by atoms with Crippen molar-refractivity contribution in [3.05, 3.63) is 60.2 Å². The van der Waals surface area contributed by atoms with Crippen molar-refractivity contribution in [1.82, 2.24) is 9.21 Å². The SMILES string of the molecule is Nc1ccc(SN2CCN(C(=O)OCc3ccccc3)CC2)cc1. The Balaban J connectivity index is 1.42. The molecular weight excluding hydrogens is 322 g/mol. The van der Waals surface area contributed by atoms with E-state index in [0.29, 0.717) is 19.7 Å². The van der Waals surface area contributed by atoms with Gasteiger partial charge in [-0.2, -0.15) is 0 Å². The molecule has 0 aromatic heterocycles. The van der Waals surface area contributed by atoms with Crippen LogP contribution >= 0.6 is 11.9 Å². The fraction of sp³-hybridized carbons (Fsp3) is 0.278. The lowest BCUT2D eigenvalue weighted by Crippen LogP contribution is -2.46. The lowest BCUT2D eigenvalue weighted by Gasteiger charge is -2.33. The van der Waals surface area contributed by atoms with Crippen molar-refractivity contribution < 1.29 is 9.53 Å². The minimum atomic E-state index is -0.240. The van der Waals surface area contributed by atoms with Gasteiger partial charge in [0, 0.05) is 36.8 Å². The van der Waals surface area contributed by atoms with Crippen molar-refractivity contribution in [2.75, 3.05) is 31.9 Å². The molecule has 2 aromatic carbocycles. The lowest BCUT2D eigenvalue weighted by molar-refractivity contribution is 0.0850. The summed E-state index contributed by atoms with van der Waals surface area (Å²) in [5.74, 6) is 0. The zero-order chi connectivity index (χ0) is 16.8. The second kappa shape index (κ2) is 8.08. The number of hydrogen-bond acceptors (Lipinski definition) is 5. The van der Waals surface area contributed by atoms with Gasteiger partial charge in [0.05, 0.1) is 0 Å². The molecule has 1 fully saturated rings. The number of rotatable bonds is 4. The predicted molar refractivity (Wildman–Crippen MR) is 96.5 cm³/mol. The van der Waals surface area contributed by atoms with Gasteiger partial charge in [-0.3, -0.25) is 0 Å². The van der Waals surface area contributed by atoms with Crippen molar-refractivity contribution in [2.24, 2.45) is 0 Å². The quantitative estimate of drug-likeness (QED) is 0.682. The summed E-state index contributed by atoms with van der Waals surface area (Å²) >= 11 is 1.70. The van der Waals surface area contributed by atoms with Crippen LogP contribution in [0.15, 0.2) is 59.5 Å². The summed E-state index contributed by atoms with van der Waals surface area (Å²) in [4.78, 5) is 15.1. The first kappa shape index (κ1) is 16.7. The van der Waals surface area contributed by atoms with Gasteiger partial charge in [0.2, 0.25) is 0 Å². The Bertz CT molecular complexity index is 656. The van der Waals surface area contributed by atoms with Gasteiger partial charge in [-0.15, -0.1) is 0 Å². The number of ether oxygens (including phenoxy) is 1. The molecule has 5 nitrogen and oxygen atoms in total. The summed E-state index contributed by atoms with van der Waals surface area (Å²) in [6.45, 7) is 3.30. The largest absolute Gasteiger partial charge is 0.445 e. The molecule has 0 bridgehead atoms. The number of piperazine rings is 1. The molecule has 0 radical (unpaired) electrons. The summed E-state index contributed by atoms with van der Waals surface area (Å²) < 4.78 is 7.64. The molecule has 24 heavy (non-hydrogen) atoms. The van der Waals surface area contributed by atoms with Crippen LogP contribution in [0.1, 0.15) is 5.56 Å². The molecule has 1 aliphatic rings. The highest BCUT2D eigenvalue weighted by Gasteiger charge is 2.22. The van der Waals surface area contributed by atoms with Gasteiger partial charge in [0.25, 0.3) is 0 Å². The molecule has 0 atom stereocenters. The van der Waals surface area contributed by atoms with E-state index in [4.69, 9.17) is 10.5 Å². The lowest BCUT2D eigenvalue weighted by atomic mass is 10.2. The maximum atomic E-state index is 12.1. The molecule has 126 valence electrons. The molecule has 3 rings (SSSR count). The molecule has 1 amide bonds. The first-order valence-electron chi connectivity index (χ1n) is 7.95. The van der Waals surface area contributed by atoms with Crippen LogP contribution in [0.2, 0.25) is 0 Å². The Hall–Kier alpha value is -2.18. The third kappa shape index (κ3) is 4.66. The Kier molecular flexibility index (Phi) is 5.61. The summed E-state index contributed by atoms with van der Waals surface area (Å²) in [6, 6.07) is 17.6. The molecule has 0 spiro atoms. The molecule has 1 saturated heterocycles. The summed E-state index contributed by atoms with van der Waals surface area (Å²) in [5, 5.41) is 0. The minimum absolute atomic E-state index is 0.240. The van der Waals surface area contributed by atoms with Gasteiger partial charge in [-0.05, 0) is 41.8 Å². The molecule has 6 heteroatoms. The van der Waals surface area contributed by atoms with Crippen LogP contribution in [0.4, 0.5) is 10.5 Å². The Morgan fingerprint density at radius 3 is 2.33 bits per heavy atom. The highest BCUT2D eigenvalue weighted by molar-refractivity contribution is 7.97. The van der Waals surface area contributed by atoms with E-state index in [1.54, 1.807) is 16.8 Å². The zero-order valence-electron chi connectivity index (χ0n) is 13.4. The first-order valence-corrected chi connectivity index (χ1v) is 8.72. The Morgan fingerprint density at radius 1 is 1.00 bits per heavy atom. The molecule has 2 aromatic rings. The second-order valence-electron chi connectivity index (χ2n) is 5.62. The fourth-order valence-electron chi connectivity index (χ4n) is 2.45. The highest BCUT2D eigenvalue weighted by Crippen LogP contribution is 2.24. The van der Waals surface area contributed by atoms with Crippen LogP contribution in [0.5, 0.6) is 0 Å². The van der Waals surface area contributed by atoms with Gasteiger partial charge in [-0.1, -0.05) is 30.3 Å². The van der Waals surface area contributed by atoms with E-state index in [1.165, 1.54) is 0 Å². The normalized spacial score (nSPS) is 15.2. The van der Waals surface area contributed by atoms with Gasteiger partial charge < -0.3 is 15.4 Å². The average Bonchev–Trinajstić information content (AvgIpc) is 2.63. The van der Waals surface area contributed by atoms with Crippen LogP contribution in [0, 0.1) is 0 Å². The van der Waals surface area contributed by atoms with Gasteiger partial charge >= 0.3 is 6.09 Å². The van der Waals surface area contributed by atoms with Crippen LogP contribution in [-0.2, 0) is 11.3 Å². The predicted octanol–water partition coefficient (Wildman–Crippen LogP) is 3.23. The average molecular weight is 343 g/mol. The van der Waals surface area contributed by atoms with Gasteiger partial charge in [0.1, 0.15) is 6.61 Å². The molecule has 0 saturated carbocycles. The maximum absolute atomic E-state index is 12.1. The number of nitrogens with two attached hydrogens (primary N) is 1. The number of nitrogens with zero attached hydrogens (tertiary/aromatic N) is 2. The Morgan fingerprint density at radius 2 is 1.67 bits per heavy atom. The summed E-state index contributed by atoms with van der Waals surface area (Å²) in [7, 11) is 0. The number of amides is 1. The molecule has 0 aliphatic carbocycles. The van der Waals surface area contributed by atoms with Crippen molar-refractivity contribution >= 4 is 23.7 Å². The fourth-order valence-corrected chi connectivity index (χ4v) is 3.35. The second-order valence-corrected chi connectivity index (χ2v) is 6.79. The van der Waals surface area contributed by atoms with E-state index in [0.717, 1.165) is 29.2 Å². The first-order chi connectivity index (χ1) is 11.7. The zero-order valence-corrected chi connectivity index (χ0v) is 14.2. The summed E-state index contributed by atoms with van der Waals surface area (Å²) in [5.41, 5.74) is 7.47. The van der Waals surface area contributed by atoms with Crippen LogP contribution in [0.25, 0.3) is 0 Å². The number of benzene rings is 2. The van der Waals surface area contributed by atoms with E-state index >= 15 is 0 Å². The van der Waals surface area contributed by atoms with Crippen LogP contribution < -0.4 is 5.73 Å². The number of carbonyl (C=O) groups is 1. The van der Waals surface area contributed by atoms with E-state index in [2.05, 4.69) is 4.31 Å². The van der Waals surface area contributed by atoms with E-state index in [1.807, 2.05) is 54.6 Å². The molecule has 1 aliphatic heterocycles. The van der Waals surface area contributed by atoms with Crippen LogP contribution in [0.3, 0.4) is 0 Å².